The van der Waals surface area contributed by atoms with Gasteiger partial charge in [-0.2, -0.15) is 0 Å². The molecule has 0 bridgehead atoms. The van der Waals surface area contributed by atoms with Gasteiger partial charge in [0.15, 0.2) is 0 Å². The topological polar surface area (TPSA) is 0 Å². The number of fused-ring (bicyclic) bond motifs is 6. The van der Waals surface area contributed by atoms with E-state index < -0.39 is 0 Å². The first-order valence-corrected chi connectivity index (χ1v) is 21.3. The van der Waals surface area contributed by atoms with Crippen molar-refractivity contribution < 1.29 is 0 Å². The first-order valence-electron chi connectivity index (χ1n) is 21.3. The van der Waals surface area contributed by atoms with Crippen LogP contribution in [0.4, 0.5) is 0 Å². The number of hydrogen-bond donors (Lipinski definition) is 0. The summed E-state index contributed by atoms with van der Waals surface area (Å²) >= 11 is 0. The van der Waals surface area contributed by atoms with Crippen LogP contribution in [-0.2, 0) is 0 Å². The molecule has 0 N–H and O–H groups in total. The minimum atomic E-state index is 0.143. The molecule has 0 fully saturated rings. The maximum absolute atomic E-state index is 2.50. The first kappa shape index (κ1) is 35.2. The standard InChI is InChI=1S/C61H40/c1-3-16-40(17-4-1)46-36-47(41-18-5-2-6-19-41)38-48(37-46)42-30-32-44(33-31-42)59-54-25-11-13-27-56(54)60(57-28-14-12-26-55(57)59)45-34-35-51-50-23-9-10-24-53(50)61(58(51)39-45)52-29-15-21-43-20-7-8-22-49(43)52/h1-39,61H. The molecule has 0 saturated carbocycles. The minimum absolute atomic E-state index is 0.143. The van der Waals surface area contributed by atoms with Gasteiger partial charge in [-0.05, 0) is 140 Å². The SMILES string of the molecule is c1ccc(-c2cc(-c3ccccc3)cc(-c3ccc(-c4c5ccccc5c(-c5ccc6c(c5)C(c5cccc7ccccc57)c5ccccc5-6)c5ccccc45)cc3)c2)cc1. The normalized spacial score (nSPS) is 13.1. The molecular formula is C61H40. The van der Waals surface area contributed by atoms with E-state index in [-0.39, 0.29) is 5.92 Å². The Hall–Kier alpha value is -7.80. The fourth-order valence-electron chi connectivity index (χ4n) is 10.2. The maximum Gasteiger partial charge on any atom is 0.0358 e. The van der Waals surface area contributed by atoms with Gasteiger partial charge in [-0.1, -0.05) is 212 Å². The average Bonchev–Trinajstić information content (AvgIpc) is 3.67. The van der Waals surface area contributed by atoms with E-state index in [4.69, 9.17) is 0 Å². The van der Waals surface area contributed by atoms with Crippen molar-refractivity contribution in [3.8, 4) is 66.8 Å². The van der Waals surface area contributed by atoms with Crippen LogP contribution in [0.2, 0.25) is 0 Å². The second-order valence-electron chi connectivity index (χ2n) is 16.3. The molecule has 11 aromatic rings. The molecule has 0 heteroatoms. The summed E-state index contributed by atoms with van der Waals surface area (Å²) in [6.07, 6.45) is 0. The molecule has 1 unspecified atom stereocenters. The lowest BCUT2D eigenvalue weighted by Crippen LogP contribution is -2.00. The second-order valence-corrected chi connectivity index (χ2v) is 16.3. The monoisotopic (exact) mass is 772 g/mol. The molecule has 0 radical (unpaired) electrons. The fourth-order valence-corrected chi connectivity index (χ4v) is 10.2. The van der Waals surface area contributed by atoms with Gasteiger partial charge in [-0.25, -0.2) is 0 Å². The van der Waals surface area contributed by atoms with Crippen LogP contribution in [-0.4, -0.2) is 0 Å². The first-order chi connectivity index (χ1) is 30.3. The van der Waals surface area contributed by atoms with Crippen molar-refractivity contribution in [3.05, 3.63) is 253 Å². The molecule has 0 amide bonds. The molecule has 1 atom stereocenters. The third-order valence-electron chi connectivity index (χ3n) is 12.9. The van der Waals surface area contributed by atoms with E-state index in [9.17, 15) is 0 Å². The van der Waals surface area contributed by atoms with Gasteiger partial charge in [0.05, 0.1) is 0 Å². The number of hydrogen-bond acceptors (Lipinski definition) is 0. The van der Waals surface area contributed by atoms with E-state index in [0.29, 0.717) is 0 Å². The van der Waals surface area contributed by atoms with Gasteiger partial charge in [0.1, 0.15) is 0 Å². The smallest absolute Gasteiger partial charge is 0.0358 e. The fraction of sp³-hybridized carbons (Fsp3) is 0.0164. The van der Waals surface area contributed by atoms with Gasteiger partial charge in [-0.3, -0.25) is 0 Å². The van der Waals surface area contributed by atoms with Crippen LogP contribution in [0.15, 0.2) is 237 Å². The third kappa shape index (κ3) is 5.91. The van der Waals surface area contributed by atoms with E-state index in [0.717, 1.165) is 0 Å². The lowest BCUT2D eigenvalue weighted by atomic mass is 9.83. The highest BCUT2D eigenvalue weighted by Crippen LogP contribution is 2.52. The summed E-state index contributed by atoms with van der Waals surface area (Å²) in [7, 11) is 0. The van der Waals surface area contributed by atoms with Gasteiger partial charge in [0.25, 0.3) is 0 Å². The van der Waals surface area contributed by atoms with Gasteiger partial charge >= 0.3 is 0 Å². The van der Waals surface area contributed by atoms with E-state index in [1.54, 1.807) is 0 Å². The van der Waals surface area contributed by atoms with E-state index in [1.165, 1.54) is 116 Å². The van der Waals surface area contributed by atoms with Crippen LogP contribution in [0.1, 0.15) is 22.6 Å². The van der Waals surface area contributed by atoms with Crippen molar-refractivity contribution in [1.82, 2.24) is 0 Å². The summed E-state index contributed by atoms with van der Waals surface area (Å²) in [5.41, 5.74) is 19.0. The summed E-state index contributed by atoms with van der Waals surface area (Å²) in [6.45, 7) is 0. The highest BCUT2D eigenvalue weighted by molar-refractivity contribution is 6.21. The minimum Gasteiger partial charge on any atom is -0.0622 e. The van der Waals surface area contributed by atoms with Crippen LogP contribution in [0.5, 0.6) is 0 Å². The zero-order valence-electron chi connectivity index (χ0n) is 33.6. The molecule has 11 aromatic carbocycles. The van der Waals surface area contributed by atoms with Crippen LogP contribution in [0.25, 0.3) is 99.1 Å². The van der Waals surface area contributed by atoms with E-state index >= 15 is 0 Å². The quantitative estimate of drug-likeness (QED) is 0.148. The van der Waals surface area contributed by atoms with Crippen molar-refractivity contribution in [2.75, 3.05) is 0 Å². The van der Waals surface area contributed by atoms with Crippen molar-refractivity contribution in [3.63, 3.8) is 0 Å². The highest BCUT2D eigenvalue weighted by Gasteiger charge is 2.31. The Morgan fingerprint density at radius 1 is 0.213 bits per heavy atom. The van der Waals surface area contributed by atoms with Crippen molar-refractivity contribution in [2.45, 2.75) is 5.92 Å². The van der Waals surface area contributed by atoms with E-state index in [1.807, 2.05) is 0 Å². The largest absolute Gasteiger partial charge is 0.0622 e. The zero-order valence-corrected chi connectivity index (χ0v) is 33.6. The van der Waals surface area contributed by atoms with Crippen molar-refractivity contribution in [2.24, 2.45) is 0 Å². The van der Waals surface area contributed by atoms with Crippen LogP contribution >= 0.6 is 0 Å². The third-order valence-corrected chi connectivity index (χ3v) is 12.9. The van der Waals surface area contributed by atoms with Crippen molar-refractivity contribution in [1.29, 1.82) is 0 Å². The Balaban J connectivity index is 1.01. The predicted octanol–water partition coefficient (Wildman–Crippen LogP) is 16.6. The molecule has 0 spiro atoms. The molecule has 1 aliphatic rings. The van der Waals surface area contributed by atoms with E-state index in [2.05, 4.69) is 237 Å². The van der Waals surface area contributed by atoms with Crippen LogP contribution in [0.3, 0.4) is 0 Å². The van der Waals surface area contributed by atoms with Gasteiger partial charge in [-0.15, -0.1) is 0 Å². The Kier molecular flexibility index (Phi) is 8.35. The molecule has 284 valence electrons. The Morgan fingerprint density at radius 2 is 0.623 bits per heavy atom. The lowest BCUT2D eigenvalue weighted by molar-refractivity contribution is 1.03. The summed E-state index contributed by atoms with van der Waals surface area (Å²) in [5, 5.41) is 7.64. The Bertz CT molecular complexity index is 3330. The summed E-state index contributed by atoms with van der Waals surface area (Å²) in [5.74, 6) is 0.143. The van der Waals surface area contributed by atoms with Gasteiger partial charge < -0.3 is 0 Å². The molecule has 0 heterocycles. The Labute approximate surface area is 356 Å². The number of rotatable bonds is 6. The van der Waals surface area contributed by atoms with Crippen LogP contribution in [0, 0.1) is 0 Å². The average molecular weight is 773 g/mol. The summed E-state index contributed by atoms with van der Waals surface area (Å²) in [6, 6.07) is 87.5. The Morgan fingerprint density at radius 3 is 1.23 bits per heavy atom. The molecule has 1 aliphatic carbocycles. The lowest BCUT2D eigenvalue weighted by Gasteiger charge is -2.20. The maximum atomic E-state index is 2.50. The van der Waals surface area contributed by atoms with Crippen LogP contribution < -0.4 is 0 Å². The summed E-state index contributed by atoms with van der Waals surface area (Å²) in [4.78, 5) is 0. The molecule has 12 rings (SSSR count). The van der Waals surface area contributed by atoms with Gasteiger partial charge in [0, 0.05) is 5.92 Å². The molecule has 61 heavy (non-hydrogen) atoms. The molecule has 0 aliphatic heterocycles. The molecule has 0 nitrogen and oxygen atoms in total. The predicted molar refractivity (Wildman–Crippen MR) is 259 cm³/mol. The zero-order chi connectivity index (χ0) is 40.3. The number of benzene rings is 11. The molecular weight excluding hydrogens is 733 g/mol. The highest BCUT2D eigenvalue weighted by atomic mass is 14.3. The van der Waals surface area contributed by atoms with Crippen molar-refractivity contribution >= 4 is 32.3 Å². The second kappa shape index (κ2) is 14.5. The molecule has 0 saturated heterocycles. The van der Waals surface area contributed by atoms with Gasteiger partial charge in [0.2, 0.25) is 0 Å². The molecule has 0 aromatic heterocycles. The summed E-state index contributed by atoms with van der Waals surface area (Å²) < 4.78 is 0.